The van der Waals surface area contributed by atoms with Gasteiger partial charge in [-0.2, -0.15) is 0 Å². The van der Waals surface area contributed by atoms with Crippen LogP contribution in [-0.2, 0) is 4.74 Å². The van der Waals surface area contributed by atoms with Crippen molar-refractivity contribution in [1.82, 2.24) is 4.90 Å². The maximum Gasteiger partial charge on any atom is 0.291 e. The minimum atomic E-state index is -0.600. The Morgan fingerprint density at radius 1 is 1.11 bits per heavy atom. The Hall–Kier alpha value is -3.32. The minimum Gasteiger partial charge on any atom is -0.493 e. The Morgan fingerprint density at radius 2 is 1.94 bits per heavy atom. The zero-order valence-corrected chi connectivity index (χ0v) is 21.4. The Labute approximate surface area is 210 Å². The van der Waals surface area contributed by atoms with E-state index in [0.717, 1.165) is 42.4 Å². The highest BCUT2D eigenvalue weighted by Gasteiger charge is 2.44. The molecule has 3 aromatic rings. The maximum atomic E-state index is 13.9. The van der Waals surface area contributed by atoms with Crippen molar-refractivity contribution < 1.29 is 23.4 Å². The van der Waals surface area contributed by atoms with Crippen LogP contribution in [0.4, 0.5) is 0 Å². The molecule has 0 spiro atoms. The van der Waals surface area contributed by atoms with Gasteiger partial charge < -0.3 is 23.5 Å². The second kappa shape index (κ2) is 9.97. The number of hydrogen-bond acceptors (Lipinski definition) is 6. The van der Waals surface area contributed by atoms with E-state index in [9.17, 15) is 9.59 Å². The van der Waals surface area contributed by atoms with E-state index in [-0.39, 0.29) is 23.2 Å². The number of methoxy groups -OCH3 is 1. The van der Waals surface area contributed by atoms with Gasteiger partial charge >= 0.3 is 0 Å². The van der Waals surface area contributed by atoms with Crippen LogP contribution in [0.25, 0.3) is 11.0 Å². The number of carbonyl (C=O) groups is 1. The molecule has 1 aromatic heterocycles. The second-order valence-corrected chi connectivity index (χ2v) is 9.74. The monoisotopic (exact) mass is 491 g/mol. The third-order valence-electron chi connectivity index (χ3n) is 7.10. The average molecular weight is 492 g/mol. The van der Waals surface area contributed by atoms with Crippen molar-refractivity contribution in [1.29, 1.82) is 0 Å². The summed E-state index contributed by atoms with van der Waals surface area (Å²) >= 11 is 0. The summed E-state index contributed by atoms with van der Waals surface area (Å²) in [5, 5.41) is 0.516. The molecule has 0 saturated carbocycles. The first-order valence-electron chi connectivity index (χ1n) is 12.7. The Balaban J connectivity index is 1.65. The summed E-state index contributed by atoms with van der Waals surface area (Å²) in [7, 11) is 1.59. The molecule has 7 heteroatoms. The molecule has 2 aromatic carbocycles. The molecule has 0 radical (unpaired) electrons. The predicted molar refractivity (Wildman–Crippen MR) is 137 cm³/mol. The normalized spacial score (nSPS) is 19.2. The Kier molecular flexibility index (Phi) is 6.75. The quantitative estimate of drug-likeness (QED) is 0.397. The summed E-state index contributed by atoms with van der Waals surface area (Å²) in [6.45, 7) is 7.63. The van der Waals surface area contributed by atoms with Gasteiger partial charge in [0.25, 0.3) is 5.91 Å². The van der Waals surface area contributed by atoms with Crippen LogP contribution in [0.15, 0.2) is 39.5 Å². The first-order valence-corrected chi connectivity index (χ1v) is 12.7. The fraction of sp³-hybridized carbons (Fsp3) is 0.448. The molecule has 1 saturated heterocycles. The molecular formula is C29H33NO6. The van der Waals surface area contributed by atoms with Crippen molar-refractivity contribution in [2.75, 3.05) is 26.9 Å². The number of benzene rings is 2. The fourth-order valence-electron chi connectivity index (χ4n) is 5.36. The molecule has 2 unspecified atom stereocenters. The molecule has 5 rings (SSSR count). The minimum absolute atomic E-state index is 0.0715. The van der Waals surface area contributed by atoms with Crippen LogP contribution in [0.3, 0.4) is 0 Å². The molecule has 0 bridgehead atoms. The molecule has 2 atom stereocenters. The summed E-state index contributed by atoms with van der Waals surface area (Å²) in [6.07, 6.45) is 3.74. The topological polar surface area (TPSA) is 78.2 Å². The van der Waals surface area contributed by atoms with E-state index in [1.807, 2.05) is 44.2 Å². The number of rotatable bonds is 8. The van der Waals surface area contributed by atoms with Gasteiger partial charge in [0, 0.05) is 13.2 Å². The number of unbranched alkanes of at least 4 members (excludes halogenated alkanes) is 1. The highest BCUT2D eigenvalue weighted by atomic mass is 16.5. The average Bonchev–Trinajstić information content (AvgIpc) is 3.46. The first kappa shape index (κ1) is 24.4. The largest absolute Gasteiger partial charge is 0.493 e. The van der Waals surface area contributed by atoms with Crippen molar-refractivity contribution in [2.24, 2.45) is 0 Å². The van der Waals surface area contributed by atoms with Crippen LogP contribution >= 0.6 is 0 Å². The SMILES string of the molecule is CCCCOc1ccc(C2c3c(oc4cc(C)cc(C)c4c3=O)C(=O)N2CC2CCCO2)cc1OC. The third kappa shape index (κ3) is 4.26. The molecule has 1 amide bonds. The van der Waals surface area contributed by atoms with Gasteiger partial charge in [-0.25, -0.2) is 0 Å². The molecule has 0 aliphatic carbocycles. The van der Waals surface area contributed by atoms with Gasteiger partial charge in [-0.3, -0.25) is 9.59 Å². The van der Waals surface area contributed by atoms with Crippen LogP contribution in [-0.4, -0.2) is 43.8 Å². The third-order valence-corrected chi connectivity index (χ3v) is 7.10. The van der Waals surface area contributed by atoms with Gasteiger partial charge in [0.2, 0.25) is 5.76 Å². The van der Waals surface area contributed by atoms with Gasteiger partial charge in [-0.1, -0.05) is 25.5 Å². The van der Waals surface area contributed by atoms with Crippen LogP contribution in [0.2, 0.25) is 0 Å². The smallest absolute Gasteiger partial charge is 0.291 e. The van der Waals surface area contributed by atoms with Crippen LogP contribution < -0.4 is 14.9 Å². The number of amides is 1. The Bertz CT molecular complexity index is 1350. The lowest BCUT2D eigenvalue weighted by atomic mass is 9.96. The molecular weight excluding hydrogens is 458 g/mol. The number of ether oxygens (including phenoxy) is 3. The number of fused-ring (bicyclic) bond motifs is 2. The second-order valence-electron chi connectivity index (χ2n) is 9.74. The Morgan fingerprint density at radius 3 is 2.67 bits per heavy atom. The maximum absolute atomic E-state index is 13.9. The van der Waals surface area contributed by atoms with Crippen molar-refractivity contribution in [3.63, 3.8) is 0 Å². The van der Waals surface area contributed by atoms with E-state index in [1.54, 1.807) is 12.0 Å². The fourth-order valence-corrected chi connectivity index (χ4v) is 5.36. The van der Waals surface area contributed by atoms with Gasteiger partial charge in [0.05, 0.1) is 36.8 Å². The predicted octanol–water partition coefficient (Wildman–Crippen LogP) is 5.32. The van der Waals surface area contributed by atoms with Gasteiger partial charge in [-0.15, -0.1) is 0 Å². The lowest BCUT2D eigenvalue weighted by Crippen LogP contribution is -2.36. The standard InChI is InChI=1S/C29H33NO6/c1-5-6-11-35-21-10-9-19(15-22(21)33-4)26-25-27(31)24-18(3)13-17(2)14-23(24)36-28(25)29(32)30(26)16-20-8-7-12-34-20/h9-10,13-15,20,26H,5-8,11-12,16H2,1-4H3. The van der Waals surface area contributed by atoms with Crippen molar-refractivity contribution in [3.05, 3.63) is 68.6 Å². The lowest BCUT2D eigenvalue weighted by molar-refractivity contribution is 0.0486. The van der Waals surface area contributed by atoms with E-state index >= 15 is 0 Å². The number of nitrogens with zero attached hydrogens (tertiary/aromatic N) is 1. The van der Waals surface area contributed by atoms with Crippen molar-refractivity contribution in [3.8, 4) is 11.5 Å². The molecule has 36 heavy (non-hydrogen) atoms. The van der Waals surface area contributed by atoms with Gasteiger partial charge in [0.15, 0.2) is 16.9 Å². The highest BCUT2D eigenvalue weighted by molar-refractivity contribution is 5.99. The van der Waals surface area contributed by atoms with E-state index in [2.05, 4.69) is 6.92 Å². The summed E-state index contributed by atoms with van der Waals surface area (Å²) in [4.78, 5) is 29.4. The van der Waals surface area contributed by atoms with Crippen LogP contribution in [0, 0.1) is 13.8 Å². The molecule has 0 N–H and O–H groups in total. The molecule has 3 heterocycles. The molecule has 190 valence electrons. The van der Waals surface area contributed by atoms with Crippen molar-refractivity contribution in [2.45, 2.75) is 58.6 Å². The summed E-state index contributed by atoms with van der Waals surface area (Å²) in [5.41, 5.74) is 3.24. The van der Waals surface area contributed by atoms with E-state index in [1.165, 1.54) is 0 Å². The number of hydrogen-bond donors (Lipinski definition) is 0. The van der Waals surface area contributed by atoms with Gasteiger partial charge in [-0.05, 0) is 68.0 Å². The first-order chi connectivity index (χ1) is 17.4. The van der Waals surface area contributed by atoms with Crippen LogP contribution in [0.5, 0.6) is 11.5 Å². The number of carbonyl (C=O) groups excluding carboxylic acids is 1. The summed E-state index contributed by atoms with van der Waals surface area (Å²) in [6, 6.07) is 8.81. The van der Waals surface area contributed by atoms with Crippen LogP contribution in [0.1, 0.15) is 71.5 Å². The molecule has 2 aliphatic rings. The molecule has 7 nitrogen and oxygen atoms in total. The molecule has 2 aliphatic heterocycles. The summed E-state index contributed by atoms with van der Waals surface area (Å²) < 4.78 is 23.6. The highest BCUT2D eigenvalue weighted by Crippen LogP contribution is 2.42. The summed E-state index contributed by atoms with van der Waals surface area (Å²) in [5.74, 6) is 1.04. The number of aryl methyl sites for hydroxylation is 2. The van der Waals surface area contributed by atoms with E-state index in [4.69, 9.17) is 18.6 Å². The van der Waals surface area contributed by atoms with E-state index < -0.39 is 6.04 Å². The van der Waals surface area contributed by atoms with Gasteiger partial charge in [0.1, 0.15) is 5.58 Å². The van der Waals surface area contributed by atoms with E-state index in [0.29, 0.717) is 47.8 Å². The van der Waals surface area contributed by atoms with Crippen molar-refractivity contribution >= 4 is 16.9 Å². The molecule has 1 fully saturated rings. The lowest BCUT2D eigenvalue weighted by Gasteiger charge is -2.28. The zero-order valence-electron chi connectivity index (χ0n) is 21.4. The zero-order chi connectivity index (χ0) is 25.4.